The maximum Gasteiger partial charge on any atom is 0.261 e. The Morgan fingerprint density at radius 3 is 2.50 bits per heavy atom. The molecule has 1 aliphatic carbocycles. The summed E-state index contributed by atoms with van der Waals surface area (Å²) in [5, 5.41) is 13.3. The fraction of sp³-hybridized carbons (Fsp3) is 0.375. The molecule has 156 valence electrons. The molecule has 1 heterocycles. The Bertz CT molecular complexity index is 1060. The molecule has 1 saturated carbocycles. The van der Waals surface area contributed by atoms with Crippen LogP contribution in [0, 0.1) is 11.8 Å². The van der Waals surface area contributed by atoms with Crippen LogP contribution >= 0.6 is 0 Å². The number of aliphatic hydroxyl groups is 1. The summed E-state index contributed by atoms with van der Waals surface area (Å²) in [6, 6.07) is 16.6. The second-order valence-corrected chi connectivity index (χ2v) is 8.09. The zero-order valence-corrected chi connectivity index (χ0v) is 16.9. The van der Waals surface area contributed by atoms with Crippen molar-refractivity contribution in [1.29, 1.82) is 0 Å². The van der Waals surface area contributed by atoms with Crippen LogP contribution in [0.25, 0.3) is 10.9 Å². The molecule has 0 aliphatic heterocycles. The first-order chi connectivity index (χ1) is 14.7. The summed E-state index contributed by atoms with van der Waals surface area (Å²) in [6.45, 7) is 0.511. The van der Waals surface area contributed by atoms with E-state index < -0.39 is 0 Å². The van der Waals surface area contributed by atoms with Gasteiger partial charge in [-0.1, -0.05) is 42.5 Å². The van der Waals surface area contributed by atoms with Gasteiger partial charge in [0.2, 0.25) is 5.91 Å². The van der Waals surface area contributed by atoms with Gasteiger partial charge in [0, 0.05) is 12.5 Å². The average molecular weight is 405 g/mol. The fourth-order valence-electron chi connectivity index (χ4n) is 4.33. The summed E-state index contributed by atoms with van der Waals surface area (Å²) >= 11 is 0. The van der Waals surface area contributed by atoms with E-state index in [-0.39, 0.29) is 30.0 Å². The number of hydrogen-bond acceptors (Lipinski definition) is 4. The van der Waals surface area contributed by atoms with Crippen molar-refractivity contribution >= 4 is 16.8 Å². The lowest BCUT2D eigenvalue weighted by Gasteiger charge is -2.29. The zero-order chi connectivity index (χ0) is 20.9. The summed E-state index contributed by atoms with van der Waals surface area (Å²) < 4.78 is 1.70. The molecule has 2 N–H and O–H groups in total. The van der Waals surface area contributed by atoms with Crippen molar-refractivity contribution in [2.24, 2.45) is 11.8 Å². The Labute approximate surface area is 175 Å². The largest absolute Gasteiger partial charge is 0.394 e. The number of hydrogen-bond donors (Lipinski definition) is 2. The highest BCUT2D eigenvalue weighted by molar-refractivity contribution is 5.79. The number of amides is 1. The van der Waals surface area contributed by atoms with Crippen molar-refractivity contribution in [3.8, 4) is 0 Å². The molecule has 3 aromatic rings. The van der Waals surface area contributed by atoms with Gasteiger partial charge in [-0.25, -0.2) is 4.98 Å². The van der Waals surface area contributed by atoms with Crippen molar-refractivity contribution in [3.63, 3.8) is 0 Å². The smallest absolute Gasteiger partial charge is 0.261 e. The number of nitrogens with zero attached hydrogens (tertiary/aromatic N) is 2. The molecule has 2 aromatic carbocycles. The van der Waals surface area contributed by atoms with Crippen LogP contribution in [-0.2, 0) is 11.3 Å². The lowest BCUT2D eigenvalue weighted by Crippen LogP contribution is -2.37. The Hall–Kier alpha value is -2.99. The van der Waals surface area contributed by atoms with Crippen LogP contribution in [0.15, 0.2) is 65.7 Å². The predicted octanol–water partition coefficient (Wildman–Crippen LogP) is 3.05. The molecule has 1 aliphatic rings. The number of nitrogens with one attached hydrogen (secondary N) is 1. The van der Waals surface area contributed by atoms with E-state index in [0.29, 0.717) is 17.8 Å². The fourth-order valence-corrected chi connectivity index (χ4v) is 4.33. The molecule has 6 heteroatoms. The van der Waals surface area contributed by atoms with Crippen LogP contribution in [0.2, 0.25) is 0 Å². The molecule has 0 spiro atoms. The number of carbonyl (C=O) groups is 1. The lowest BCUT2D eigenvalue weighted by atomic mass is 9.81. The number of para-hydroxylation sites is 1. The van der Waals surface area contributed by atoms with Crippen molar-refractivity contribution in [3.05, 3.63) is 76.8 Å². The summed E-state index contributed by atoms with van der Waals surface area (Å²) in [5.41, 5.74) is 1.62. The van der Waals surface area contributed by atoms with E-state index in [1.807, 2.05) is 54.6 Å². The topological polar surface area (TPSA) is 84.2 Å². The Morgan fingerprint density at radius 2 is 1.77 bits per heavy atom. The first-order valence-corrected chi connectivity index (χ1v) is 10.6. The van der Waals surface area contributed by atoms with E-state index in [9.17, 15) is 14.7 Å². The van der Waals surface area contributed by atoms with Gasteiger partial charge >= 0.3 is 0 Å². The summed E-state index contributed by atoms with van der Waals surface area (Å²) in [6.07, 6.45) is 5.01. The minimum atomic E-state index is -0.376. The van der Waals surface area contributed by atoms with E-state index in [1.54, 1.807) is 10.9 Å². The Balaban J connectivity index is 1.34. The van der Waals surface area contributed by atoms with E-state index in [1.165, 1.54) is 0 Å². The first kappa shape index (κ1) is 20.3. The molecule has 1 fully saturated rings. The quantitative estimate of drug-likeness (QED) is 0.660. The second-order valence-electron chi connectivity index (χ2n) is 8.09. The molecule has 6 nitrogen and oxygen atoms in total. The van der Waals surface area contributed by atoms with Crippen LogP contribution in [0.1, 0.15) is 37.3 Å². The van der Waals surface area contributed by atoms with Crippen molar-refractivity contribution < 1.29 is 9.90 Å². The van der Waals surface area contributed by atoms with Gasteiger partial charge in [-0.15, -0.1) is 0 Å². The molecule has 1 atom stereocenters. The van der Waals surface area contributed by atoms with Gasteiger partial charge in [0.15, 0.2) is 0 Å². The van der Waals surface area contributed by atoms with Crippen LogP contribution < -0.4 is 10.9 Å². The lowest BCUT2D eigenvalue weighted by molar-refractivity contribution is -0.127. The molecular weight excluding hydrogens is 378 g/mol. The van der Waals surface area contributed by atoms with Gasteiger partial charge in [0.1, 0.15) is 0 Å². The summed E-state index contributed by atoms with van der Waals surface area (Å²) in [5.74, 6) is 0.309. The van der Waals surface area contributed by atoms with Crippen LogP contribution in [0.5, 0.6) is 0 Å². The maximum absolute atomic E-state index is 12.7. The standard InChI is InChI=1S/C24H27N3O3/c28-15-22(18-6-2-1-3-7-18)26-23(29)19-12-10-17(11-13-19)14-27-16-25-21-9-5-4-8-20(21)24(27)30/h1-9,16-17,19,22,28H,10-15H2,(H,26,29). The molecule has 4 rings (SSSR count). The van der Waals surface area contributed by atoms with Gasteiger partial charge in [0.05, 0.1) is 29.9 Å². The highest BCUT2D eigenvalue weighted by Crippen LogP contribution is 2.30. The number of carbonyl (C=O) groups excluding carboxylic acids is 1. The number of aromatic nitrogens is 2. The van der Waals surface area contributed by atoms with Crippen LogP contribution in [0.4, 0.5) is 0 Å². The highest BCUT2D eigenvalue weighted by atomic mass is 16.3. The van der Waals surface area contributed by atoms with Gasteiger partial charge < -0.3 is 10.4 Å². The Kier molecular flexibility index (Phi) is 6.23. The first-order valence-electron chi connectivity index (χ1n) is 10.6. The van der Waals surface area contributed by atoms with Crippen LogP contribution in [-0.4, -0.2) is 27.2 Å². The monoisotopic (exact) mass is 405 g/mol. The van der Waals surface area contributed by atoms with Gasteiger partial charge in [0.25, 0.3) is 5.56 Å². The minimum Gasteiger partial charge on any atom is -0.394 e. The molecule has 0 bridgehead atoms. The molecular formula is C24H27N3O3. The van der Waals surface area contributed by atoms with E-state index in [0.717, 1.165) is 36.8 Å². The molecule has 1 amide bonds. The van der Waals surface area contributed by atoms with Crippen molar-refractivity contribution in [1.82, 2.24) is 14.9 Å². The highest BCUT2D eigenvalue weighted by Gasteiger charge is 2.28. The second kappa shape index (κ2) is 9.22. The van der Waals surface area contributed by atoms with Crippen molar-refractivity contribution in [2.45, 2.75) is 38.3 Å². The number of fused-ring (bicyclic) bond motifs is 1. The third-order valence-corrected chi connectivity index (χ3v) is 6.10. The summed E-state index contributed by atoms with van der Waals surface area (Å²) in [4.78, 5) is 29.8. The molecule has 0 saturated heterocycles. The van der Waals surface area contributed by atoms with E-state index in [2.05, 4.69) is 10.3 Å². The van der Waals surface area contributed by atoms with Crippen LogP contribution in [0.3, 0.4) is 0 Å². The van der Waals surface area contributed by atoms with Gasteiger partial charge in [-0.05, 0) is 49.3 Å². The predicted molar refractivity (Wildman–Crippen MR) is 116 cm³/mol. The van der Waals surface area contributed by atoms with E-state index in [4.69, 9.17) is 0 Å². The number of benzene rings is 2. The zero-order valence-electron chi connectivity index (χ0n) is 16.9. The number of rotatable bonds is 6. The molecule has 1 unspecified atom stereocenters. The Morgan fingerprint density at radius 1 is 1.07 bits per heavy atom. The SMILES string of the molecule is O=C(NC(CO)c1ccccc1)C1CCC(Cn2cnc3ccccc3c2=O)CC1. The third kappa shape index (κ3) is 4.44. The van der Waals surface area contributed by atoms with Crippen molar-refractivity contribution in [2.75, 3.05) is 6.61 Å². The van der Waals surface area contributed by atoms with Gasteiger partial charge in [-0.3, -0.25) is 14.2 Å². The van der Waals surface area contributed by atoms with E-state index >= 15 is 0 Å². The molecule has 30 heavy (non-hydrogen) atoms. The normalized spacial score (nSPS) is 20.0. The average Bonchev–Trinajstić information content (AvgIpc) is 2.80. The molecule has 1 aromatic heterocycles. The maximum atomic E-state index is 12.7. The summed E-state index contributed by atoms with van der Waals surface area (Å²) in [7, 11) is 0. The van der Waals surface area contributed by atoms with Gasteiger partial charge in [-0.2, -0.15) is 0 Å². The minimum absolute atomic E-state index is 0.000826. The third-order valence-electron chi connectivity index (χ3n) is 6.10. The molecule has 0 radical (unpaired) electrons. The number of aliphatic hydroxyl groups excluding tert-OH is 1.